The van der Waals surface area contributed by atoms with Gasteiger partial charge in [0, 0.05) is 24.2 Å². The maximum atomic E-state index is 11.4. The molecule has 1 aliphatic heterocycles. The van der Waals surface area contributed by atoms with Crippen molar-refractivity contribution in [2.45, 2.75) is 25.4 Å². The maximum absolute atomic E-state index is 11.4. The number of pyridine rings is 1. The van der Waals surface area contributed by atoms with Crippen molar-refractivity contribution >= 4 is 21.2 Å². The van der Waals surface area contributed by atoms with Crippen LogP contribution in [0.4, 0.5) is 0 Å². The van der Waals surface area contributed by atoms with E-state index in [0.717, 1.165) is 16.4 Å². The summed E-state index contributed by atoms with van der Waals surface area (Å²) < 4.78 is 22.8. The summed E-state index contributed by atoms with van der Waals surface area (Å²) in [6.07, 6.45) is 3.15. The van der Waals surface area contributed by atoms with Gasteiger partial charge in [-0.2, -0.15) is 0 Å². The molecule has 1 saturated heterocycles. The van der Waals surface area contributed by atoms with Crippen LogP contribution in [-0.4, -0.2) is 35.9 Å². The van der Waals surface area contributed by atoms with Crippen LogP contribution in [0.25, 0.3) is 10.7 Å². The van der Waals surface area contributed by atoms with Crippen molar-refractivity contribution in [2.75, 3.05) is 11.5 Å². The highest BCUT2D eigenvalue weighted by Crippen LogP contribution is 2.21. The fraction of sp³-hybridized carbons (Fsp3) is 0.429. The fourth-order valence-electron chi connectivity index (χ4n) is 2.34. The van der Waals surface area contributed by atoms with Crippen LogP contribution in [0, 0.1) is 0 Å². The van der Waals surface area contributed by atoms with Gasteiger partial charge in [0.25, 0.3) is 0 Å². The smallest absolute Gasteiger partial charge is 0.150 e. The molecule has 0 saturated carbocycles. The zero-order valence-electron chi connectivity index (χ0n) is 11.5. The van der Waals surface area contributed by atoms with Crippen LogP contribution in [-0.2, 0) is 16.4 Å². The van der Waals surface area contributed by atoms with E-state index in [0.29, 0.717) is 30.9 Å². The van der Waals surface area contributed by atoms with Gasteiger partial charge < -0.3 is 5.32 Å². The van der Waals surface area contributed by atoms with Gasteiger partial charge in [-0.1, -0.05) is 6.07 Å². The van der Waals surface area contributed by atoms with E-state index >= 15 is 0 Å². The summed E-state index contributed by atoms with van der Waals surface area (Å²) in [5, 5.41) is 6.34. The largest absolute Gasteiger partial charge is 0.308 e. The first-order valence-electron chi connectivity index (χ1n) is 6.92. The number of aromatic nitrogens is 2. The van der Waals surface area contributed by atoms with Crippen LogP contribution >= 0.6 is 11.3 Å². The Morgan fingerprint density at radius 1 is 1.29 bits per heavy atom. The summed E-state index contributed by atoms with van der Waals surface area (Å²) in [6.45, 7) is 0.675. The first-order valence-corrected chi connectivity index (χ1v) is 9.62. The average molecular weight is 323 g/mol. The van der Waals surface area contributed by atoms with Crippen molar-refractivity contribution in [3.63, 3.8) is 0 Å². The van der Waals surface area contributed by atoms with Crippen molar-refractivity contribution in [3.05, 3.63) is 35.5 Å². The fourth-order valence-corrected chi connectivity index (χ4v) is 4.62. The minimum Gasteiger partial charge on any atom is -0.308 e. The Morgan fingerprint density at radius 3 is 2.81 bits per heavy atom. The lowest BCUT2D eigenvalue weighted by Gasteiger charge is -2.22. The molecule has 112 valence electrons. The molecule has 0 atom stereocenters. The summed E-state index contributed by atoms with van der Waals surface area (Å²) in [6, 6.07) is 6.05. The second kappa shape index (κ2) is 6.21. The zero-order valence-corrected chi connectivity index (χ0v) is 13.2. The molecular formula is C14H17N3O2S2. The summed E-state index contributed by atoms with van der Waals surface area (Å²) >= 11 is 1.58. The number of nitrogens with one attached hydrogen (secondary N) is 1. The van der Waals surface area contributed by atoms with E-state index in [9.17, 15) is 8.42 Å². The Labute approximate surface area is 128 Å². The number of nitrogens with zero attached hydrogens (tertiary/aromatic N) is 2. The molecule has 7 heteroatoms. The molecule has 0 unspecified atom stereocenters. The van der Waals surface area contributed by atoms with Gasteiger partial charge in [0.1, 0.15) is 14.8 Å². The van der Waals surface area contributed by atoms with Gasteiger partial charge in [0.05, 0.1) is 22.9 Å². The van der Waals surface area contributed by atoms with Gasteiger partial charge >= 0.3 is 0 Å². The van der Waals surface area contributed by atoms with Crippen LogP contribution in [0.1, 0.15) is 18.5 Å². The SMILES string of the molecule is O=S1(=O)CCC(NCc2csc(-c3ccccn3)n2)CC1. The third kappa shape index (κ3) is 3.87. The molecule has 2 aromatic rings. The van der Waals surface area contributed by atoms with Crippen molar-refractivity contribution in [1.82, 2.24) is 15.3 Å². The topological polar surface area (TPSA) is 72.0 Å². The molecule has 1 N–H and O–H groups in total. The highest BCUT2D eigenvalue weighted by atomic mass is 32.2. The Morgan fingerprint density at radius 2 is 2.10 bits per heavy atom. The van der Waals surface area contributed by atoms with Crippen LogP contribution in [0.2, 0.25) is 0 Å². The lowest BCUT2D eigenvalue weighted by Crippen LogP contribution is -2.37. The first-order chi connectivity index (χ1) is 10.1. The minimum absolute atomic E-state index is 0.272. The Bertz CT molecular complexity index is 684. The Balaban J connectivity index is 1.56. The molecule has 2 aromatic heterocycles. The molecule has 0 amide bonds. The number of thiazole rings is 1. The summed E-state index contributed by atoms with van der Waals surface area (Å²) in [5.74, 6) is 0.585. The van der Waals surface area contributed by atoms with Gasteiger partial charge in [0.2, 0.25) is 0 Å². The van der Waals surface area contributed by atoms with Crippen LogP contribution < -0.4 is 5.32 Å². The summed E-state index contributed by atoms with van der Waals surface area (Å²) in [7, 11) is -2.79. The molecule has 0 aliphatic carbocycles. The van der Waals surface area contributed by atoms with E-state index in [-0.39, 0.29) is 6.04 Å². The maximum Gasteiger partial charge on any atom is 0.150 e. The molecule has 3 rings (SSSR count). The van der Waals surface area contributed by atoms with E-state index in [2.05, 4.69) is 15.3 Å². The third-order valence-electron chi connectivity index (χ3n) is 3.56. The van der Waals surface area contributed by atoms with E-state index in [4.69, 9.17) is 0 Å². The van der Waals surface area contributed by atoms with Crippen molar-refractivity contribution < 1.29 is 8.42 Å². The standard InChI is InChI=1S/C14H17N3O2S2/c18-21(19)7-4-11(5-8-21)16-9-12-10-20-14(17-12)13-3-1-2-6-15-13/h1-3,6,10-11,16H,4-5,7-9H2. The van der Waals surface area contributed by atoms with E-state index < -0.39 is 9.84 Å². The van der Waals surface area contributed by atoms with Gasteiger partial charge in [-0.25, -0.2) is 13.4 Å². The third-order valence-corrected chi connectivity index (χ3v) is 6.19. The average Bonchev–Trinajstić information content (AvgIpc) is 2.96. The van der Waals surface area contributed by atoms with E-state index in [1.54, 1.807) is 17.5 Å². The number of sulfone groups is 1. The predicted octanol–water partition coefficient (Wildman–Crippen LogP) is 1.87. The van der Waals surface area contributed by atoms with Gasteiger partial charge in [0.15, 0.2) is 0 Å². The number of hydrogen-bond donors (Lipinski definition) is 1. The summed E-state index contributed by atoms with van der Waals surface area (Å²) in [4.78, 5) is 8.86. The van der Waals surface area contributed by atoms with Crippen LogP contribution in [0.5, 0.6) is 0 Å². The number of rotatable bonds is 4. The van der Waals surface area contributed by atoms with Crippen LogP contribution in [0.3, 0.4) is 0 Å². The predicted molar refractivity (Wildman–Crippen MR) is 83.9 cm³/mol. The molecule has 1 aliphatic rings. The van der Waals surface area contributed by atoms with Gasteiger partial charge in [-0.15, -0.1) is 11.3 Å². The monoisotopic (exact) mass is 323 g/mol. The summed E-state index contributed by atoms with van der Waals surface area (Å²) in [5.41, 5.74) is 1.87. The Hall–Kier alpha value is -1.31. The highest BCUT2D eigenvalue weighted by molar-refractivity contribution is 7.91. The minimum atomic E-state index is -2.79. The second-order valence-corrected chi connectivity index (χ2v) is 8.33. The highest BCUT2D eigenvalue weighted by Gasteiger charge is 2.23. The van der Waals surface area contributed by atoms with Gasteiger partial charge in [-0.3, -0.25) is 4.98 Å². The molecule has 3 heterocycles. The lowest BCUT2D eigenvalue weighted by atomic mass is 10.1. The van der Waals surface area contributed by atoms with Crippen molar-refractivity contribution in [3.8, 4) is 10.7 Å². The first kappa shape index (κ1) is 14.6. The lowest BCUT2D eigenvalue weighted by molar-refractivity contribution is 0.461. The van der Waals surface area contributed by atoms with Crippen molar-refractivity contribution in [1.29, 1.82) is 0 Å². The van der Waals surface area contributed by atoms with Crippen molar-refractivity contribution in [2.24, 2.45) is 0 Å². The zero-order chi connectivity index (χ0) is 14.7. The molecule has 0 spiro atoms. The molecule has 0 bridgehead atoms. The molecule has 0 radical (unpaired) electrons. The molecular weight excluding hydrogens is 306 g/mol. The second-order valence-electron chi connectivity index (χ2n) is 5.17. The van der Waals surface area contributed by atoms with Gasteiger partial charge in [-0.05, 0) is 25.0 Å². The molecule has 1 fully saturated rings. The van der Waals surface area contributed by atoms with Crippen LogP contribution in [0.15, 0.2) is 29.8 Å². The quantitative estimate of drug-likeness (QED) is 0.930. The molecule has 21 heavy (non-hydrogen) atoms. The molecule has 0 aromatic carbocycles. The normalized spacial score (nSPS) is 18.7. The molecule has 5 nitrogen and oxygen atoms in total. The Kier molecular flexibility index (Phi) is 4.32. The van der Waals surface area contributed by atoms with E-state index in [1.807, 2.05) is 23.6 Å². The van der Waals surface area contributed by atoms with E-state index in [1.165, 1.54) is 0 Å². The number of hydrogen-bond acceptors (Lipinski definition) is 6.